The van der Waals surface area contributed by atoms with Gasteiger partial charge in [-0.05, 0) is 20.0 Å². The molecule has 0 bridgehead atoms. The predicted molar refractivity (Wildman–Crippen MR) is 33.2 cm³/mol. The summed E-state index contributed by atoms with van der Waals surface area (Å²) in [7, 11) is 2.12. The van der Waals surface area contributed by atoms with Gasteiger partial charge in [0.05, 0.1) is 0 Å². The summed E-state index contributed by atoms with van der Waals surface area (Å²) in [5, 5.41) is 0. The molecular formula is C5H13N3. The van der Waals surface area contributed by atoms with Crippen LogP contribution in [0.2, 0.25) is 0 Å². The Balaban J connectivity index is 2.08. The van der Waals surface area contributed by atoms with E-state index in [2.05, 4.69) is 17.4 Å². The number of nitrogens with two attached hydrogens (primary N) is 1. The second-order valence-corrected chi connectivity index (χ2v) is 2.33. The topological polar surface area (TPSA) is 41.3 Å². The van der Waals surface area contributed by atoms with Crippen molar-refractivity contribution in [2.24, 2.45) is 5.84 Å². The second kappa shape index (κ2) is 2.44. The van der Waals surface area contributed by atoms with Gasteiger partial charge in [0.15, 0.2) is 0 Å². The van der Waals surface area contributed by atoms with E-state index in [9.17, 15) is 0 Å². The van der Waals surface area contributed by atoms with Gasteiger partial charge in [-0.15, -0.1) is 0 Å². The summed E-state index contributed by atoms with van der Waals surface area (Å²) in [5.74, 6) is 5.12. The lowest BCUT2D eigenvalue weighted by molar-refractivity contribution is 0.125. The molecule has 8 heavy (non-hydrogen) atoms. The van der Waals surface area contributed by atoms with Crippen LogP contribution in [0.3, 0.4) is 0 Å². The van der Waals surface area contributed by atoms with Gasteiger partial charge < -0.3 is 4.90 Å². The third-order valence-electron chi connectivity index (χ3n) is 1.79. The Bertz CT molecular complexity index is 74.1. The van der Waals surface area contributed by atoms with Crippen LogP contribution in [0.5, 0.6) is 0 Å². The van der Waals surface area contributed by atoms with Crippen molar-refractivity contribution in [1.82, 2.24) is 10.3 Å². The zero-order valence-corrected chi connectivity index (χ0v) is 5.22. The first-order valence-electron chi connectivity index (χ1n) is 2.98. The Hall–Kier alpha value is -0.120. The molecule has 1 atom stereocenters. The standard InChI is InChI=1S/C5H13N3/c1-8-3-2-5(8)4-7-6/h5,7H,2-4,6H2,1H3. The maximum atomic E-state index is 5.12. The molecule has 0 amide bonds. The quantitative estimate of drug-likeness (QED) is 0.364. The van der Waals surface area contributed by atoms with Gasteiger partial charge in [-0.3, -0.25) is 11.3 Å². The van der Waals surface area contributed by atoms with Crippen molar-refractivity contribution in [2.75, 3.05) is 20.1 Å². The van der Waals surface area contributed by atoms with Crippen molar-refractivity contribution >= 4 is 0 Å². The fourth-order valence-electron chi connectivity index (χ4n) is 0.964. The van der Waals surface area contributed by atoms with Gasteiger partial charge in [0.25, 0.3) is 0 Å². The summed E-state index contributed by atoms with van der Waals surface area (Å²) in [6.45, 7) is 2.16. The number of hydrogen-bond donors (Lipinski definition) is 2. The molecule has 0 aromatic heterocycles. The van der Waals surface area contributed by atoms with Gasteiger partial charge >= 0.3 is 0 Å². The van der Waals surface area contributed by atoms with Crippen LogP contribution in [-0.2, 0) is 0 Å². The molecule has 1 fully saturated rings. The van der Waals surface area contributed by atoms with E-state index in [0.29, 0.717) is 6.04 Å². The van der Waals surface area contributed by atoms with Crippen molar-refractivity contribution in [3.63, 3.8) is 0 Å². The number of hydrogen-bond acceptors (Lipinski definition) is 3. The average Bonchev–Trinajstić information content (AvgIpc) is 1.79. The third kappa shape index (κ3) is 0.992. The number of likely N-dealkylation sites (tertiary alicyclic amines) is 1. The third-order valence-corrected chi connectivity index (χ3v) is 1.79. The van der Waals surface area contributed by atoms with Crippen molar-refractivity contribution in [2.45, 2.75) is 12.5 Å². The Morgan fingerprint density at radius 3 is 2.75 bits per heavy atom. The molecule has 0 aromatic rings. The number of nitrogens with zero attached hydrogens (tertiary/aromatic N) is 1. The van der Waals surface area contributed by atoms with E-state index in [1.165, 1.54) is 13.0 Å². The summed E-state index contributed by atoms with van der Waals surface area (Å²) in [4.78, 5) is 2.29. The normalized spacial score (nSPS) is 30.0. The molecule has 3 nitrogen and oxygen atoms in total. The molecule has 1 aliphatic heterocycles. The van der Waals surface area contributed by atoms with E-state index in [1.54, 1.807) is 0 Å². The summed E-state index contributed by atoms with van der Waals surface area (Å²) in [6, 6.07) is 0.694. The van der Waals surface area contributed by atoms with Crippen molar-refractivity contribution in [3.05, 3.63) is 0 Å². The van der Waals surface area contributed by atoms with Crippen LogP contribution in [0.25, 0.3) is 0 Å². The molecule has 1 aliphatic rings. The highest BCUT2D eigenvalue weighted by Gasteiger charge is 2.22. The first-order chi connectivity index (χ1) is 3.84. The van der Waals surface area contributed by atoms with Gasteiger partial charge in [0.2, 0.25) is 0 Å². The molecule has 1 saturated heterocycles. The highest BCUT2D eigenvalue weighted by atomic mass is 15.3. The lowest BCUT2D eigenvalue weighted by atomic mass is 10.1. The van der Waals surface area contributed by atoms with Crippen LogP contribution in [0.4, 0.5) is 0 Å². The summed E-state index contributed by atoms with van der Waals surface area (Å²) in [6.07, 6.45) is 1.29. The molecule has 48 valence electrons. The molecule has 1 unspecified atom stereocenters. The van der Waals surface area contributed by atoms with E-state index in [0.717, 1.165) is 6.54 Å². The minimum atomic E-state index is 0.694. The van der Waals surface area contributed by atoms with Gasteiger partial charge in [-0.1, -0.05) is 0 Å². The highest BCUT2D eigenvalue weighted by Crippen LogP contribution is 2.11. The number of rotatable bonds is 2. The molecule has 0 saturated carbocycles. The Morgan fingerprint density at radius 2 is 2.62 bits per heavy atom. The molecule has 0 spiro atoms. The van der Waals surface area contributed by atoms with Crippen LogP contribution in [0.15, 0.2) is 0 Å². The van der Waals surface area contributed by atoms with Crippen molar-refractivity contribution in [3.8, 4) is 0 Å². The summed E-state index contributed by atoms with van der Waals surface area (Å²) >= 11 is 0. The largest absolute Gasteiger partial charge is 0.302 e. The number of nitrogens with one attached hydrogen (secondary N) is 1. The van der Waals surface area contributed by atoms with Crippen LogP contribution in [-0.4, -0.2) is 31.1 Å². The van der Waals surface area contributed by atoms with Gasteiger partial charge in [-0.2, -0.15) is 0 Å². The zero-order chi connectivity index (χ0) is 5.98. The average molecular weight is 115 g/mol. The summed E-state index contributed by atoms with van der Waals surface area (Å²) in [5.41, 5.74) is 2.66. The van der Waals surface area contributed by atoms with Gasteiger partial charge in [-0.25, -0.2) is 0 Å². The second-order valence-electron chi connectivity index (χ2n) is 2.33. The molecule has 3 N–H and O–H groups in total. The van der Waals surface area contributed by atoms with E-state index in [4.69, 9.17) is 5.84 Å². The molecule has 3 heteroatoms. The minimum absolute atomic E-state index is 0.694. The van der Waals surface area contributed by atoms with Crippen LogP contribution in [0, 0.1) is 0 Å². The van der Waals surface area contributed by atoms with Crippen molar-refractivity contribution < 1.29 is 0 Å². The lowest BCUT2D eigenvalue weighted by Gasteiger charge is -2.37. The first-order valence-corrected chi connectivity index (χ1v) is 2.98. The van der Waals surface area contributed by atoms with E-state index in [1.807, 2.05) is 0 Å². The maximum absolute atomic E-state index is 5.12. The van der Waals surface area contributed by atoms with Crippen LogP contribution < -0.4 is 11.3 Å². The smallest absolute Gasteiger partial charge is 0.0254 e. The Kier molecular flexibility index (Phi) is 1.83. The van der Waals surface area contributed by atoms with Crippen LogP contribution in [0.1, 0.15) is 6.42 Å². The predicted octanol–water partition coefficient (Wildman–Crippen LogP) is -0.846. The molecule has 0 radical (unpaired) electrons. The fraction of sp³-hybridized carbons (Fsp3) is 1.00. The zero-order valence-electron chi connectivity index (χ0n) is 5.22. The Morgan fingerprint density at radius 1 is 1.88 bits per heavy atom. The van der Waals surface area contributed by atoms with E-state index < -0.39 is 0 Å². The number of hydrazine groups is 1. The first kappa shape index (κ1) is 6.01. The van der Waals surface area contributed by atoms with Gasteiger partial charge in [0.1, 0.15) is 0 Å². The lowest BCUT2D eigenvalue weighted by Crippen LogP contribution is -2.51. The maximum Gasteiger partial charge on any atom is 0.0254 e. The van der Waals surface area contributed by atoms with E-state index in [-0.39, 0.29) is 0 Å². The van der Waals surface area contributed by atoms with Crippen LogP contribution >= 0.6 is 0 Å². The monoisotopic (exact) mass is 115 g/mol. The van der Waals surface area contributed by atoms with Crippen molar-refractivity contribution in [1.29, 1.82) is 0 Å². The Labute approximate surface area is 49.8 Å². The van der Waals surface area contributed by atoms with Gasteiger partial charge in [0, 0.05) is 12.6 Å². The number of likely N-dealkylation sites (N-methyl/N-ethyl adjacent to an activating group) is 1. The SMILES string of the molecule is CN1CCC1CNN. The molecule has 0 aromatic carbocycles. The fourth-order valence-corrected chi connectivity index (χ4v) is 0.964. The van der Waals surface area contributed by atoms with E-state index >= 15 is 0 Å². The summed E-state index contributed by atoms with van der Waals surface area (Å²) < 4.78 is 0. The minimum Gasteiger partial charge on any atom is -0.302 e. The molecule has 0 aliphatic carbocycles. The molecule has 1 rings (SSSR count). The molecule has 1 heterocycles. The molecular weight excluding hydrogens is 102 g/mol. The highest BCUT2D eigenvalue weighted by molar-refractivity contribution is 4.80.